The second kappa shape index (κ2) is 7.50. The normalized spacial score (nSPS) is 17.1. The standard InChI is InChI=1S/C14H21NO3S/c16-14(17)13-12(6-11-19-13)18-10-5-9-15-7-3-1-2-4-8-15/h6,11H,1-5,7-10H2,(H,16,17). The summed E-state index contributed by atoms with van der Waals surface area (Å²) in [6.07, 6.45) is 6.26. The second-order valence-electron chi connectivity index (χ2n) is 4.88. The summed E-state index contributed by atoms with van der Waals surface area (Å²) in [5.74, 6) is -0.397. The van der Waals surface area contributed by atoms with Gasteiger partial charge in [0.1, 0.15) is 5.75 Å². The fourth-order valence-corrected chi connectivity index (χ4v) is 3.07. The van der Waals surface area contributed by atoms with Gasteiger partial charge in [0.15, 0.2) is 4.88 Å². The number of carboxylic acids is 1. The molecule has 0 atom stereocenters. The monoisotopic (exact) mass is 283 g/mol. The van der Waals surface area contributed by atoms with Crippen LogP contribution in [0.4, 0.5) is 0 Å². The third-order valence-electron chi connectivity index (χ3n) is 3.40. The molecule has 4 nitrogen and oxygen atoms in total. The van der Waals surface area contributed by atoms with Crippen molar-refractivity contribution in [2.24, 2.45) is 0 Å². The summed E-state index contributed by atoms with van der Waals surface area (Å²) >= 11 is 1.21. The minimum Gasteiger partial charge on any atom is -0.492 e. The molecule has 2 heterocycles. The van der Waals surface area contributed by atoms with Crippen LogP contribution in [0.25, 0.3) is 0 Å². The third kappa shape index (κ3) is 4.51. The van der Waals surface area contributed by atoms with Crippen LogP contribution in [0.15, 0.2) is 11.4 Å². The summed E-state index contributed by atoms with van der Waals surface area (Å²) in [5, 5.41) is 10.7. The molecule has 106 valence electrons. The Labute approximate surface area is 118 Å². The number of nitrogens with zero attached hydrogens (tertiary/aromatic N) is 1. The van der Waals surface area contributed by atoms with Gasteiger partial charge in [-0.15, -0.1) is 11.3 Å². The van der Waals surface area contributed by atoms with E-state index in [0.717, 1.165) is 13.0 Å². The van der Waals surface area contributed by atoms with E-state index in [4.69, 9.17) is 9.84 Å². The fraction of sp³-hybridized carbons (Fsp3) is 0.643. The van der Waals surface area contributed by atoms with E-state index in [1.54, 1.807) is 11.4 Å². The van der Waals surface area contributed by atoms with Crippen LogP contribution in [-0.4, -0.2) is 42.2 Å². The van der Waals surface area contributed by atoms with Gasteiger partial charge in [-0.2, -0.15) is 0 Å². The van der Waals surface area contributed by atoms with E-state index >= 15 is 0 Å². The highest BCUT2D eigenvalue weighted by Crippen LogP contribution is 2.24. The maximum atomic E-state index is 10.9. The van der Waals surface area contributed by atoms with Crippen LogP contribution in [0.5, 0.6) is 5.75 Å². The van der Waals surface area contributed by atoms with Crippen molar-refractivity contribution in [3.8, 4) is 5.75 Å². The number of thiophene rings is 1. The minimum atomic E-state index is -0.905. The molecule has 0 aliphatic carbocycles. The molecule has 0 amide bonds. The Balaban J connectivity index is 1.68. The zero-order valence-electron chi connectivity index (χ0n) is 11.1. The third-order valence-corrected chi connectivity index (χ3v) is 4.28. The lowest BCUT2D eigenvalue weighted by molar-refractivity contribution is 0.0698. The molecule has 1 aliphatic heterocycles. The Bertz CT molecular complexity index is 397. The molecular formula is C14H21NO3S. The number of hydrogen-bond acceptors (Lipinski definition) is 4. The molecule has 1 saturated heterocycles. The quantitative estimate of drug-likeness (QED) is 0.815. The molecule has 2 rings (SSSR count). The lowest BCUT2D eigenvalue weighted by Crippen LogP contribution is -2.26. The Morgan fingerprint density at radius 2 is 2.05 bits per heavy atom. The van der Waals surface area contributed by atoms with E-state index in [1.165, 1.54) is 50.1 Å². The molecule has 1 aromatic heterocycles. The molecule has 5 heteroatoms. The highest BCUT2D eigenvalue weighted by Gasteiger charge is 2.13. The maximum Gasteiger partial charge on any atom is 0.349 e. The van der Waals surface area contributed by atoms with Crippen LogP contribution in [0.1, 0.15) is 41.8 Å². The molecule has 0 spiro atoms. The number of hydrogen-bond donors (Lipinski definition) is 1. The number of likely N-dealkylation sites (tertiary alicyclic amines) is 1. The molecule has 0 saturated carbocycles. The molecule has 19 heavy (non-hydrogen) atoms. The van der Waals surface area contributed by atoms with Crippen molar-refractivity contribution in [1.82, 2.24) is 4.90 Å². The van der Waals surface area contributed by atoms with E-state index in [0.29, 0.717) is 17.2 Å². The SMILES string of the molecule is O=C(O)c1sccc1OCCCN1CCCCCC1. The second-order valence-corrected chi connectivity index (χ2v) is 5.79. The molecule has 1 aliphatic rings. The molecular weight excluding hydrogens is 262 g/mol. The van der Waals surface area contributed by atoms with Crippen molar-refractivity contribution in [3.63, 3.8) is 0 Å². The molecule has 1 N–H and O–H groups in total. The van der Waals surface area contributed by atoms with Gasteiger partial charge in [0, 0.05) is 6.54 Å². The van der Waals surface area contributed by atoms with Gasteiger partial charge in [-0.25, -0.2) is 4.79 Å². The van der Waals surface area contributed by atoms with E-state index in [1.807, 2.05) is 0 Å². The van der Waals surface area contributed by atoms with Gasteiger partial charge < -0.3 is 14.7 Å². The van der Waals surface area contributed by atoms with Crippen LogP contribution in [0.3, 0.4) is 0 Å². The van der Waals surface area contributed by atoms with Crippen LogP contribution < -0.4 is 4.74 Å². The van der Waals surface area contributed by atoms with Crippen LogP contribution in [-0.2, 0) is 0 Å². The molecule has 1 aromatic rings. The van der Waals surface area contributed by atoms with Gasteiger partial charge in [-0.05, 0) is 43.8 Å². The summed E-state index contributed by atoms with van der Waals surface area (Å²) in [6.45, 7) is 4.03. The number of carbonyl (C=O) groups is 1. The van der Waals surface area contributed by atoms with Crippen LogP contribution >= 0.6 is 11.3 Å². The predicted molar refractivity (Wildman–Crippen MR) is 76.3 cm³/mol. The first-order valence-corrected chi connectivity index (χ1v) is 7.81. The van der Waals surface area contributed by atoms with E-state index in [9.17, 15) is 4.79 Å². The molecule has 1 fully saturated rings. The highest BCUT2D eigenvalue weighted by molar-refractivity contribution is 7.12. The summed E-state index contributed by atoms with van der Waals surface area (Å²) in [5.41, 5.74) is 0. The number of rotatable bonds is 6. The van der Waals surface area contributed by atoms with Crippen LogP contribution in [0.2, 0.25) is 0 Å². The van der Waals surface area contributed by atoms with E-state index in [2.05, 4.69) is 4.90 Å². The molecule has 0 aromatic carbocycles. The van der Waals surface area contributed by atoms with Crippen molar-refractivity contribution >= 4 is 17.3 Å². The first kappa shape index (κ1) is 14.3. The summed E-state index contributed by atoms with van der Waals surface area (Å²) in [6, 6.07) is 1.74. The fourth-order valence-electron chi connectivity index (χ4n) is 2.40. The Hall–Kier alpha value is -1.07. The number of carboxylic acid groups (broad SMARTS) is 1. The van der Waals surface area contributed by atoms with Crippen molar-refractivity contribution < 1.29 is 14.6 Å². The molecule has 0 radical (unpaired) electrons. The smallest absolute Gasteiger partial charge is 0.349 e. The minimum absolute atomic E-state index is 0.301. The Morgan fingerprint density at radius 3 is 2.74 bits per heavy atom. The zero-order chi connectivity index (χ0) is 13.5. The van der Waals surface area contributed by atoms with Crippen molar-refractivity contribution in [3.05, 3.63) is 16.3 Å². The zero-order valence-corrected chi connectivity index (χ0v) is 12.0. The first-order valence-electron chi connectivity index (χ1n) is 6.93. The van der Waals surface area contributed by atoms with Gasteiger partial charge in [0.25, 0.3) is 0 Å². The predicted octanol–water partition coefficient (Wildman–Crippen LogP) is 3.09. The Morgan fingerprint density at radius 1 is 1.32 bits per heavy atom. The van der Waals surface area contributed by atoms with Crippen molar-refractivity contribution in [2.75, 3.05) is 26.2 Å². The number of ether oxygens (including phenoxy) is 1. The van der Waals surface area contributed by atoms with E-state index in [-0.39, 0.29) is 0 Å². The van der Waals surface area contributed by atoms with Gasteiger partial charge >= 0.3 is 5.97 Å². The van der Waals surface area contributed by atoms with Gasteiger partial charge in [0.2, 0.25) is 0 Å². The van der Waals surface area contributed by atoms with Gasteiger partial charge in [0.05, 0.1) is 6.61 Å². The topological polar surface area (TPSA) is 49.8 Å². The average molecular weight is 283 g/mol. The maximum absolute atomic E-state index is 10.9. The number of aromatic carboxylic acids is 1. The van der Waals surface area contributed by atoms with Gasteiger partial charge in [-0.3, -0.25) is 0 Å². The molecule has 0 bridgehead atoms. The summed E-state index contributed by atoms with van der Waals surface area (Å²) in [7, 11) is 0. The average Bonchev–Trinajstić information content (AvgIpc) is 2.71. The van der Waals surface area contributed by atoms with Crippen molar-refractivity contribution in [1.29, 1.82) is 0 Å². The Kier molecular flexibility index (Phi) is 5.66. The lowest BCUT2D eigenvalue weighted by Gasteiger charge is -2.19. The molecule has 0 unspecified atom stereocenters. The van der Waals surface area contributed by atoms with E-state index < -0.39 is 5.97 Å². The van der Waals surface area contributed by atoms with Crippen LogP contribution in [0, 0.1) is 0 Å². The highest BCUT2D eigenvalue weighted by atomic mass is 32.1. The van der Waals surface area contributed by atoms with Crippen molar-refractivity contribution in [2.45, 2.75) is 32.1 Å². The first-order chi connectivity index (χ1) is 9.27. The largest absolute Gasteiger partial charge is 0.492 e. The summed E-state index contributed by atoms with van der Waals surface area (Å²) < 4.78 is 5.56. The summed E-state index contributed by atoms with van der Waals surface area (Å²) in [4.78, 5) is 13.7. The lowest BCUT2D eigenvalue weighted by atomic mass is 10.2. The van der Waals surface area contributed by atoms with Gasteiger partial charge in [-0.1, -0.05) is 12.8 Å².